The standard InChI is InChI=1S/C14H18N2OS/c1-2-12(15)9-18-10-13-8-17-14(16-13)11-6-4-3-5-7-11/h3-8,12H,2,9-10,15H2,1H3. The molecule has 2 N–H and O–H groups in total. The van der Waals surface area contributed by atoms with Gasteiger partial charge in [0, 0.05) is 23.1 Å². The molecule has 0 aliphatic heterocycles. The molecule has 96 valence electrons. The first-order valence-corrected chi connectivity index (χ1v) is 7.28. The third kappa shape index (κ3) is 3.62. The zero-order chi connectivity index (χ0) is 12.8. The summed E-state index contributed by atoms with van der Waals surface area (Å²) in [5.74, 6) is 2.50. The van der Waals surface area contributed by atoms with E-state index in [1.807, 2.05) is 30.3 Å². The van der Waals surface area contributed by atoms with E-state index >= 15 is 0 Å². The molecule has 0 fully saturated rings. The molecule has 2 aromatic rings. The number of nitrogens with two attached hydrogens (primary N) is 1. The number of hydrogen-bond acceptors (Lipinski definition) is 4. The average Bonchev–Trinajstić information content (AvgIpc) is 2.88. The lowest BCUT2D eigenvalue weighted by atomic mass is 10.2. The second-order valence-corrected chi connectivity index (χ2v) is 5.22. The molecule has 0 bridgehead atoms. The molecule has 1 heterocycles. The summed E-state index contributed by atoms with van der Waals surface area (Å²) in [6, 6.07) is 10.2. The summed E-state index contributed by atoms with van der Waals surface area (Å²) in [5, 5.41) is 0. The zero-order valence-corrected chi connectivity index (χ0v) is 11.3. The first-order chi connectivity index (χ1) is 8.79. The molecule has 0 aliphatic rings. The monoisotopic (exact) mass is 262 g/mol. The van der Waals surface area contributed by atoms with Crippen LogP contribution >= 0.6 is 11.8 Å². The molecule has 0 radical (unpaired) electrons. The van der Waals surface area contributed by atoms with E-state index in [1.54, 1.807) is 18.0 Å². The molecular weight excluding hydrogens is 244 g/mol. The topological polar surface area (TPSA) is 52.0 Å². The van der Waals surface area contributed by atoms with Gasteiger partial charge in [0.15, 0.2) is 0 Å². The van der Waals surface area contributed by atoms with Gasteiger partial charge in [0.1, 0.15) is 6.26 Å². The second kappa shape index (κ2) is 6.61. The number of oxazole rings is 1. The molecule has 0 saturated carbocycles. The third-order valence-electron chi connectivity index (χ3n) is 2.68. The van der Waals surface area contributed by atoms with Crippen molar-refractivity contribution in [3.8, 4) is 11.5 Å². The Morgan fingerprint density at radius 1 is 1.33 bits per heavy atom. The van der Waals surface area contributed by atoms with Gasteiger partial charge in [-0.15, -0.1) is 0 Å². The van der Waals surface area contributed by atoms with Gasteiger partial charge in [0.25, 0.3) is 0 Å². The van der Waals surface area contributed by atoms with Crippen molar-refractivity contribution >= 4 is 11.8 Å². The van der Waals surface area contributed by atoms with Crippen molar-refractivity contribution in [1.29, 1.82) is 0 Å². The van der Waals surface area contributed by atoms with Crippen LogP contribution < -0.4 is 5.73 Å². The number of rotatable bonds is 6. The normalized spacial score (nSPS) is 12.6. The van der Waals surface area contributed by atoms with Crippen LogP contribution in [-0.4, -0.2) is 16.8 Å². The molecule has 2 rings (SSSR count). The van der Waals surface area contributed by atoms with Crippen LogP contribution in [0.5, 0.6) is 0 Å². The zero-order valence-electron chi connectivity index (χ0n) is 10.5. The van der Waals surface area contributed by atoms with Gasteiger partial charge in [-0.1, -0.05) is 25.1 Å². The number of nitrogens with zero attached hydrogens (tertiary/aromatic N) is 1. The van der Waals surface area contributed by atoms with Gasteiger partial charge in [0.2, 0.25) is 5.89 Å². The van der Waals surface area contributed by atoms with E-state index in [9.17, 15) is 0 Å². The highest BCUT2D eigenvalue weighted by atomic mass is 32.2. The molecule has 1 unspecified atom stereocenters. The highest BCUT2D eigenvalue weighted by molar-refractivity contribution is 7.98. The van der Waals surface area contributed by atoms with Crippen LogP contribution in [0.1, 0.15) is 19.0 Å². The minimum absolute atomic E-state index is 0.274. The predicted molar refractivity (Wildman–Crippen MR) is 76.4 cm³/mol. The molecule has 4 heteroatoms. The SMILES string of the molecule is CCC(N)CSCc1coc(-c2ccccc2)n1. The Hall–Kier alpha value is -1.26. The summed E-state index contributed by atoms with van der Waals surface area (Å²) in [5.41, 5.74) is 7.86. The van der Waals surface area contributed by atoms with Crippen LogP contribution in [0.2, 0.25) is 0 Å². The maximum absolute atomic E-state index is 5.87. The minimum Gasteiger partial charge on any atom is -0.444 e. The van der Waals surface area contributed by atoms with Crippen molar-refractivity contribution in [2.24, 2.45) is 5.73 Å². The van der Waals surface area contributed by atoms with Crippen LogP contribution in [0.3, 0.4) is 0 Å². The average molecular weight is 262 g/mol. The fourth-order valence-electron chi connectivity index (χ4n) is 1.52. The third-order valence-corrected chi connectivity index (χ3v) is 3.84. The molecule has 18 heavy (non-hydrogen) atoms. The maximum Gasteiger partial charge on any atom is 0.226 e. The Bertz CT molecular complexity index is 470. The van der Waals surface area contributed by atoms with Crippen LogP contribution in [0.25, 0.3) is 11.5 Å². The Morgan fingerprint density at radius 2 is 2.11 bits per heavy atom. The number of thioether (sulfide) groups is 1. The second-order valence-electron chi connectivity index (χ2n) is 4.19. The molecule has 1 atom stereocenters. The first-order valence-electron chi connectivity index (χ1n) is 6.12. The van der Waals surface area contributed by atoms with Crippen molar-refractivity contribution in [3.05, 3.63) is 42.3 Å². The van der Waals surface area contributed by atoms with Crippen LogP contribution in [0.4, 0.5) is 0 Å². The van der Waals surface area contributed by atoms with Gasteiger partial charge in [-0.3, -0.25) is 0 Å². The molecule has 3 nitrogen and oxygen atoms in total. The Labute approximate surface area is 112 Å². The van der Waals surface area contributed by atoms with Crippen LogP contribution in [0, 0.1) is 0 Å². The lowest BCUT2D eigenvalue weighted by molar-refractivity contribution is 0.573. The smallest absolute Gasteiger partial charge is 0.226 e. The molecule has 1 aromatic heterocycles. The van der Waals surface area contributed by atoms with Crippen LogP contribution in [0.15, 0.2) is 41.0 Å². The summed E-state index contributed by atoms with van der Waals surface area (Å²) in [6.45, 7) is 2.11. The molecule has 0 aliphatic carbocycles. The largest absolute Gasteiger partial charge is 0.444 e. The fraction of sp³-hybridized carbons (Fsp3) is 0.357. The predicted octanol–water partition coefficient (Wildman–Crippen LogP) is 3.31. The summed E-state index contributed by atoms with van der Waals surface area (Å²) < 4.78 is 5.48. The first kappa shape index (κ1) is 13.2. The lowest BCUT2D eigenvalue weighted by Gasteiger charge is -2.05. The summed E-state index contributed by atoms with van der Waals surface area (Å²) in [4.78, 5) is 4.47. The van der Waals surface area contributed by atoms with E-state index in [-0.39, 0.29) is 6.04 Å². The number of benzene rings is 1. The summed E-state index contributed by atoms with van der Waals surface area (Å²) >= 11 is 1.80. The van der Waals surface area contributed by atoms with Gasteiger partial charge in [-0.25, -0.2) is 4.98 Å². The Morgan fingerprint density at radius 3 is 2.83 bits per heavy atom. The van der Waals surface area contributed by atoms with E-state index in [0.717, 1.165) is 29.2 Å². The van der Waals surface area contributed by atoms with Crippen molar-refractivity contribution in [3.63, 3.8) is 0 Å². The van der Waals surface area contributed by atoms with Crippen molar-refractivity contribution in [1.82, 2.24) is 4.98 Å². The lowest BCUT2D eigenvalue weighted by Crippen LogP contribution is -2.21. The fourth-order valence-corrected chi connectivity index (χ4v) is 2.52. The van der Waals surface area contributed by atoms with E-state index in [4.69, 9.17) is 10.2 Å². The molecule has 0 saturated heterocycles. The number of aromatic nitrogens is 1. The van der Waals surface area contributed by atoms with Crippen LogP contribution in [-0.2, 0) is 5.75 Å². The molecular formula is C14H18N2OS. The minimum atomic E-state index is 0.274. The van der Waals surface area contributed by atoms with Crippen molar-refractivity contribution in [2.75, 3.05) is 5.75 Å². The molecule has 1 aromatic carbocycles. The van der Waals surface area contributed by atoms with Gasteiger partial charge in [-0.2, -0.15) is 11.8 Å². The molecule has 0 amide bonds. The molecule has 0 spiro atoms. The summed E-state index contributed by atoms with van der Waals surface area (Å²) in [6.07, 6.45) is 2.74. The van der Waals surface area contributed by atoms with Crippen molar-refractivity contribution < 1.29 is 4.42 Å². The quantitative estimate of drug-likeness (QED) is 0.867. The highest BCUT2D eigenvalue weighted by Gasteiger charge is 2.07. The van der Waals surface area contributed by atoms with Gasteiger partial charge < -0.3 is 10.2 Å². The van der Waals surface area contributed by atoms with Gasteiger partial charge >= 0.3 is 0 Å². The van der Waals surface area contributed by atoms with E-state index in [0.29, 0.717) is 5.89 Å². The van der Waals surface area contributed by atoms with E-state index < -0.39 is 0 Å². The summed E-state index contributed by atoms with van der Waals surface area (Å²) in [7, 11) is 0. The van der Waals surface area contributed by atoms with Gasteiger partial charge in [-0.05, 0) is 18.6 Å². The Balaban J connectivity index is 1.91. The Kier molecular flexibility index (Phi) is 4.84. The van der Waals surface area contributed by atoms with Crippen molar-refractivity contribution in [2.45, 2.75) is 25.1 Å². The van der Waals surface area contributed by atoms with E-state index in [1.165, 1.54) is 0 Å². The number of hydrogen-bond donors (Lipinski definition) is 1. The van der Waals surface area contributed by atoms with E-state index in [2.05, 4.69) is 11.9 Å². The maximum atomic E-state index is 5.87. The van der Waals surface area contributed by atoms with Gasteiger partial charge in [0.05, 0.1) is 5.69 Å². The highest BCUT2D eigenvalue weighted by Crippen LogP contribution is 2.20.